The van der Waals surface area contributed by atoms with E-state index in [-0.39, 0.29) is 6.61 Å². The fraction of sp³-hybridized carbons (Fsp3) is 0.125. The van der Waals surface area contributed by atoms with Crippen LogP contribution in [0.25, 0.3) is 0 Å². The van der Waals surface area contributed by atoms with E-state index in [0.717, 1.165) is 15.6 Å². The molecule has 0 unspecified atom stereocenters. The summed E-state index contributed by atoms with van der Waals surface area (Å²) in [5.74, 6) is 1.24. The standard InChI is InChI=1S/C16H15BrClN3O3/c1-23-14-4-2-10(8-20-21-16(19)22)6-11(14)9-24-15-5-3-12(17)7-13(15)18/h2-8H,9H2,1H3,(H3,19,21,22). The van der Waals surface area contributed by atoms with E-state index < -0.39 is 6.03 Å². The summed E-state index contributed by atoms with van der Waals surface area (Å²) in [6, 6.07) is 10.1. The number of primary amides is 1. The van der Waals surface area contributed by atoms with Gasteiger partial charge in [-0.3, -0.25) is 0 Å². The molecule has 6 nitrogen and oxygen atoms in total. The number of nitrogens with two attached hydrogens (primary N) is 1. The number of urea groups is 1. The molecule has 0 aromatic heterocycles. The minimum atomic E-state index is -0.729. The van der Waals surface area contributed by atoms with Crippen LogP contribution in [0, 0.1) is 0 Å². The van der Waals surface area contributed by atoms with Gasteiger partial charge >= 0.3 is 6.03 Å². The molecule has 0 saturated carbocycles. The first-order valence-electron chi connectivity index (χ1n) is 6.83. The highest BCUT2D eigenvalue weighted by molar-refractivity contribution is 9.10. The Balaban J connectivity index is 2.15. The Bertz CT molecular complexity index is 768. The third-order valence-electron chi connectivity index (χ3n) is 2.97. The Morgan fingerprint density at radius 2 is 2.08 bits per heavy atom. The molecule has 0 fully saturated rings. The molecule has 2 aromatic carbocycles. The molecule has 0 aliphatic rings. The molecule has 0 atom stereocenters. The summed E-state index contributed by atoms with van der Waals surface area (Å²) in [7, 11) is 1.58. The number of hydrazone groups is 1. The summed E-state index contributed by atoms with van der Waals surface area (Å²) in [5.41, 5.74) is 8.65. The molecular weight excluding hydrogens is 398 g/mol. The van der Waals surface area contributed by atoms with Crippen LogP contribution < -0.4 is 20.6 Å². The van der Waals surface area contributed by atoms with Crippen LogP contribution in [0.15, 0.2) is 46.0 Å². The van der Waals surface area contributed by atoms with E-state index in [1.807, 2.05) is 12.1 Å². The lowest BCUT2D eigenvalue weighted by molar-refractivity contribution is 0.249. The molecule has 2 amide bonds. The first kappa shape index (κ1) is 18.1. The van der Waals surface area contributed by atoms with E-state index >= 15 is 0 Å². The average Bonchev–Trinajstić information content (AvgIpc) is 2.54. The van der Waals surface area contributed by atoms with Crippen LogP contribution in [0.4, 0.5) is 4.79 Å². The monoisotopic (exact) mass is 411 g/mol. The smallest absolute Gasteiger partial charge is 0.332 e. The van der Waals surface area contributed by atoms with Gasteiger partial charge in [0.1, 0.15) is 18.1 Å². The van der Waals surface area contributed by atoms with Gasteiger partial charge < -0.3 is 15.2 Å². The van der Waals surface area contributed by atoms with Gasteiger partial charge in [-0.25, -0.2) is 10.2 Å². The summed E-state index contributed by atoms with van der Waals surface area (Å²) in [6.07, 6.45) is 1.47. The maximum Gasteiger partial charge on any atom is 0.332 e. The van der Waals surface area contributed by atoms with Gasteiger partial charge in [-0.1, -0.05) is 27.5 Å². The number of rotatable bonds is 6. The van der Waals surface area contributed by atoms with Crippen molar-refractivity contribution >= 4 is 39.8 Å². The maximum absolute atomic E-state index is 10.6. The number of methoxy groups -OCH3 is 1. The van der Waals surface area contributed by atoms with Gasteiger partial charge in [0.05, 0.1) is 18.3 Å². The number of carbonyl (C=O) groups excluding carboxylic acids is 1. The fourth-order valence-electron chi connectivity index (χ4n) is 1.91. The average molecular weight is 413 g/mol. The van der Waals surface area contributed by atoms with E-state index in [2.05, 4.69) is 26.5 Å². The summed E-state index contributed by atoms with van der Waals surface area (Å²) in [4.78, 5) is 10.6. The van der Waals surface area contributed by atoms with Gasteiger partial charge in [0, 0.05) is 10.0 Å². The van der Waals surface area contributed by atoms with Crippen LogP contribution in [0.1, 0.15) is 11.1 Å². The zero-order chi connectivity index (χ0) is 17.5. The topological polar surface area (TPSA) is 85.9 Å². The molecule has 2 aromatic rings. The largest absolute Gasteiger partial charge is 0.496 e. The Hall–Kier alpha value is -2.25. The van der Waals surface area contributed by atoms with Crippen molar-refractivity contribution in [2.45, 2.75) is 6.61 Å². The van der Waals surface area contributed by atoms with E-state index in [9.17, 15) is 4.79 Å². The van der Waals surface area contributed by atoms with Crippen molar-refractivity contribution in [3.63, 3.8) is 0 Å². The number of carbonyl (C=O) groups is 1. The second-order valence-electron chi connectivity index (χ2n) is 4.67. The number of benzene rings is 2. The lowest BCUT2D eigenvalue weighted by atomic mass is 10.1. The maximum atomic E-state index is 10.6. The molecule has 0 spiro atoms. The normalized spacial score (nSPS) is 10.6. The number of nitrogens with zero attached hydrogens (tertiary/aromatic N) is 1. The van der Waals surface area contributed by atoms with E-state index in [4.69, 9.17) is 26.8 Å². The Labute approximate surface area is 152 Å². The van der Waals surface area contributed by atoms with Crippen LogP contribution in [0.3, 0.4) is 0 Å². The van der Waals surface area contributed by atoms with Gasteiger partial charge in [-0.15, -0.1) is 0 Å². The van der Waals surface area contributed by atoms with E-state index in [0.29, 0.717) is 16.5 Å². The SMILES string of the molecule is COc1ccc(C=NNC(N)=O)cc1COc1ccc(Br)cc1Cl. The third-order valence-corrected chi connectivity index (χ3v) is 3.76. The van der Waals surface area contributed by atoms with Crippen molar-refractivity contribution in [3.8, 4) is 11.5 Å². The van der Waals surface area contributed by atoms with E-state index in [1.165, 1.54) is 6.21 Å². The molecule has 2 rings (SSSR count). The number of halogens is 2. The predicted octanol–water partition coefficient (Wildman–Crippen LogP) is 3.69. The molecule has 0 radical (unpaired) electrons. The molecule has 0 heterocycles. The van der Waals surface area contributed by atoms with Crippen LogP contribution in [-0.2, 0) is 6.61 Å². The lowest BCUT2D eigenvalue weighted by Gasteiger charge is -2.12. The molecule has 0 aliphatic heterocycles. The summed E-state index contributed by atoms with van der Waals surface area (Å²) in [5, 5.41) is 4.23. The Morgan fingerprint density at radius 1 is 1.33 bits per heavy atom. The number of hydrogen-bond acceptors (Lipinski definition) is 4. The highest BCUT2D eigenvalue weighted by Gasteiger charge is 2.07. The zero-order valence-corrected chi connectivity index (χ0v) is 15.1. The Kier molecular flexibility index (Phi) is 6.45. The van der Waals surface area contributed by atoms with Crippen molar-refractivity contribution in [3.05, 3.63) is 57.0 Å². The summed E-state index contributed by atoms with van der Waals surface area (Å²) >= 11 is 9.48. The fourth-order valence-corrected chi connectivity index (χ4v) is 2.64. The van der Waals surface area contributed by atoms with Crippen molar-refractivity contribution in [1.82, 2.24) is 5.43 Å². The summed E-state index contributed by atoms with van der Waals surface area (Å²) in [6.45, 7) is 0.259. The van der Waals surface area contributed by atoms with Crippen molar-refractivity contribution in [2.24, 2.45) is 10.8 Å². The highest BCUT2D eigenvalue weighted by atomic mass is 79.9. The van der Waals surface area contributed by atoms with Crippen LogP contribution in [-0.4, -0.2) is 19.4 Å². The quantitative estimate of drug-likeness (QED) is 0.560. The molecule has 0 saturated heterocycles. The van der Waals surface area contributed by atoms with Crippen molar-refractivity contribution in [1.29, 1.82) is 0 Å². The molecule has 8 heteroatoms. The van der Waals surface area contributed by atoms with Crippen LogP contribution in [0.2, 0.25) is 5.02 Å². The molecule has 24 heavy (non-hydrogen) atoms. The number of hydrogen-bond donors (Lipinski definition) is 2. The van der Waals surface area contributed by atoms with Crippen molar-refractivity contribution in [2.75, 3.05) is 7.11 Å². The van der Waals surface area contributed by atoms with Gasteiger partial charge in [-0.2, -0.15) is 5.10 Å². The number of amides is 2. The number of ether oxygens (including phenoxy) is 2. The lowest BCUT2D eigenvalue weighted by Crippen LogP contribution is -2.24. The van der Waals surface area contributed by atoms with Crippen LogP contribution >= 0.6 is 27.5 Å². The third kappa shape index (κ3) is 5.14. The zero-order valence-electron chi connectivity index (χ0n) is 12.8. The second kappa shape index (κ2) is 8.56. The molecule has 0 bridgehead atoms. The van der Waals surface area contributed by atoms with Gasteiger partial charge in [-0.05, 0) is 42.0 Å². The van der Waals surface area contributed by atoms with E-state index in [1.54, 1.807) is 31.4 Å². The number of nitrogens with one attached hydrogen (secondary N) is 1. The Morgan fingerprint density at radius 3 is 2.75 bits per heavy atom. The van der Waals surface area contributed by atoms with Gasteiger partial charge in [0.25, 0.3) is 0 Å². The van der Waals surface area contributed by atoms with Crippen LogP contribution in [0.5, 0.6) is 11.5 Å². The minimum Gasteiger partial charge on any atom is -0.496 e. The molecular formula is C16H15BrClN3O3. The highest BCUT2D eigenvalue weighted by Crippen LogP contribution is 2.29. The second-order valence-corrected chi connectivity index (χ2v) is 5.99. The molecule has 126 valence electrons. The molecule has 0 aliphatic carbocycles. The predicted molar refractivity (Wildman–Crippen MR) is 96.8 cm³/mol. The molecule has 3 N–H and O–H groups in total. The van der Waals surface area contributed by atoms with Crippen molar-refractivity contribution < 1.29 is 14.3 Å². The first-order chi connectivity index (χ1) is 11.5. The summed E-state index contributed by atoms with van der Waals surface area (Å²) < 4.78 is 11.9. The minimum absolute atomic E-state index is 0.259. The van der Waals surface area contributed by atoms with Gasteiger partial charge in [0.15, 0.2) is 0 Å². The first-order valence-corrected chi connectivity index (χ1v) is 8.00. The van der Waals surface area contributed by atoms with Gasteiger partial charge in [0.2, 0.25) is 0 Å².